The molecule has 0 aliphatic rings. The molecule has 0 aliphatic carbocycles. The smallest absolute Gasteiger partial charge is 0.274 e. The van der Waals surface area contributed by atoms with Gasteiger partial charge in [-0.25, -0.2) is 4.68 Å². The molecule has 2 rings (SSSR count). The molecular formula is C13H15N3O. The van der Waals surface area contributed by atoms with Gasteiger partial charge in [0, 0.05) is 11.9 Å². The first-order valence-electron chi connectivity index (χ1n) is 5.48. The molecule has 0 spiro atoms. The minimum Gasteiger partial charge on any atom is -0.316 e. The minimum absolute atomic E-state index is 0.0691. The van der Waals surface area contributed by atoms with Gasteiger partial charge in [-0.15, -0.1) is 0 Å². The lowest BCUT2D eigenvalue weighted by Gasteiger charge is -2.07. The van der Waals surface area contributed by atoms with Gasteiger partial charge in [0.05, 0.1) is 18.1 Å². The molecule has 0 aliphatic heterocycles. The lowest BCUT2D eigenvalue weighted by atomic mass is 10.2. The monoisotopic (exact) mass is 229 g/mol. The summed E-state index contributed by atoms with van der Waals surface area (Å²) in [4.78, 5) is 12.1. The highest BCUT2D eigenvalue weighted by molar-refractivity contribution is 5.80. The third-order valence-corrected chi connectivity index (χ3v) is 2.56. The summed E-state index contributed by atoms with van der Waals surface area (Å²) in [6.45, 7) is 5.03. The van der Waals surface area contributed by atoms with Crippen LogP contribution in [0.4, 0.5) is 0 Å². The summed E-state index contributed by atoms with van der Waals surface area (Å²) in [5.41, 5.74) is 0.859. The highest BCUT2D eigenvalue weighted by atomic mass is 16.1. The summed E-state index contributed by atoms with van der Waals surface area (Å²) in [7, 11) is 1.85. The van der Waals surface area contributed by atoms with Crippen LogP contribution in [0.15, 0.2) is 47.4 Å². The summed E-state index contributed by atoms with van der Waals surface area (Å²) >= 11 is 0. The third kappa shape index (κ3) is 2.42. The first kappa shape index (κ1) is 11.5. The number of likely N-dealkylation sites (N-methyl/N-ethyl adjacent to an activating group) is 1. The van der Waals surface area contributed by atoms with Crippen molar-refractivity contribution in [2.45, 2.75) is 6.54 Å². The molecule has 4 nitrogen and oxygen atoms in total. The van der Waals surface area contributed by atoms with Crippen LogP contribution >= 0.6 is 0 Å². The van der Waals surface area contributed by atoms with E-state index in [4.69, 9.17) is 0 Å². The third-order valence-electron chi connectivity index (χ3n) is 2.56. The lowest BCUT2D eigenvalue weighted by molar-refractivity contribution is 0.624. The Morgan fingerprint density at radius 2 is 2.24 bits per heavy atom. The lowest BCUT2D eigenvalue weighted by Crippen LogP contribution is -2.25. The molecule has 17 heavy (non-hydrogen) atoms. The van der Waals surface area contributed by atoms with Gasteiger partial charge >= 0.3 is 0 Å². The molecular weight excluding hydrogens is 214 g/mol. The molecule has 0 bridgehead atoms. The van der Waals surface area contributed by atoms with Crippen molar-refractivity contribution in [1.82, 2.24) is 15.1 Å². The van der Waals surface area contributed by atoms with Crippen LogP contribution in [0, 0.1) is 0 Å². The van der Waals surface area contributed by atoms with Crippen molar-refractivity contribution < 1.29 is 0 Å². The van der Waals surface area contributed by atoms with Gasteiger partial charge in [-0.1, -0.05) is 24.8 Å². The van der Waals surface area contributed by atoms with Crippen LogP contribution in [0.2, 0.25) is 0 Å². The summed E-state index contributed by atoms with van der Waals surface area (Å²) in [5.74, 6) is 0. The molecule has 1 N–H and O–H groups in total. The summed E-state index contributed by atoms with van der Waals surface area (Å²) in [6.07, 6.45) is 1.71. The zero-order valence-corrected chi connectivity index (χ0v) is 9.81. The first-order valence-corrected chi connectivity index (χ1v) is 5.48. The Morgan fingerprint density at radius 1 is 1.47 bits per heavy atom. The average molecular weight is 229 g/mol. The van der Waals surface area contributed by atoms with Crippen LogP contribution < -0.4 is 10.9 Å². The molecule has 0 radical (unpaired) electrons. The number of hydrogen-bond acceptors (Lipinski definition) is 3. The van der Waals surface area contributed by atoms with E-state index < -0.39 is 0 Å². The second-order valence-electron chi connectivity index (χ2n) is 3.97. The van der Waals surface area contributed by atoms with E-state index in [1.807, 2.05) is 31.3 Å². The predicted molar refractivity (Wildman–Crippen MR) is 69.1 cm³/mol. The van der Waals surface area contributed by atoms with E-state index in [-0.39, 0.29) is 5.56 Å². The molecule has 0 saturated carbocycles. The van der Waals surface area contributed by atoms with Gasteiger partial charge in [0.15, 0.2) is 0 Å². The van der Waals surface area contributed by atoms with E-state index in [1.54, 1.807) is 6.20 Å². The van der Waals surface area contributed by atoms with E-state index in [9.17, 15) is 4.79 Å². The number of hydrogen-bond donors (Lipinski definition) is 1. The van der Waals surface area contributed by atoms with E-state index in [0.717, 1.165) is 11.0 Å². The highest BCUT2D eigenvalue weighted by Crippen LogP contribution is 2.06. The number of aromatic nitrogens is 2. The number of benzene rings is 1. The molecule has 2 aromatic rings. The van der Waals surface area contributed by atoms with Crippen molar-refractivity contribution in [3.05, 3.63) is 53.0 Å². The molecule has 4 heteroatoms. The van der Waals surface area contributed by atoms with Crippen molar-refractivity contribution in [2.75, 3.05) is 13.6 Å². The van der Waals surface area contributed by atoms with Crippen molar-refractivity contribution in [3.63, 3.8) is 0 Å². The van der Waals surface area contributed by atoms with Gasteiger partial charge in [0.25, 0.3) is 5.56 Å². The van der Waals surface area contributed by atoms with Gasteiger partial charge in [-0.2, -0.15) is 5.10 Å². The summed E-state index contributed by atoms with van der Waals surface area (Å²) in [6, 6.07) is 7.46. The zero-order valence-electron chi connectivity index (χ0n) is 9.81. The fourth-order valence-corrected chi connectivity index (χ4v) is 1.76. The standard InChI is InChI=1S/C13H15N3O/c1-10(7-14-2)9-16-13(17)12-6-4-3-5-11(12)8-15-16/h3-6,8,14H,1,7,9H2,2H3. The van der Waals surface area contributed by atoms with Gasteiger partial charge in [0.2, 0.25) is 0 Å². The Bertz CT molecular complexity index is 601. The fraction of sp³-hybridized carbons (Fsp3) is 0.231. The van der Waals surface area contributed by atoms with Crippen LogP contribution in [0.3, 0.4) is 0 Å². The Kier molecular flexibility index (Phi) is 3.35. The van der Waals surface area contributed by atoms with Gasteiger partial charge in [0.1, 0.15) is 0 Å². The molecule has 1 heterocycles. The van der Waals surface area contributed by atoms with Crippen molar-refractivity contribution in [1.29, 1.82) is 0 Å². The molecule has 1 aromatic heterocycles. The van der Waals surface area contributed by atoms with Crippen LogP contribution in [0.1, 0.15) is 0 Å². The number of fused-ring (bicyclic) bond motifs is 1. The van der Waals surface area contributed by atoms with Crippen LogP contribution in [0.5, 0.6) is 0 Å². The normalized spacial score (nSPS) is 10.6. The molecule has 0 saturated heterocycles. The fourth-order valence-electron chi connectivity index (χ4n) is 1.76. The quantitative estimate of drug-likeness (QED) is 0.801. The van der Waals surface area contributed by atoms with Crippen molar-refractivity contribution >= 4 is 10.8 Å². The molecule has 0 unspecified atom stereocenters. The molecule has 0 atom stereocenters. The SMILES string of the molecule is C=C(CNC)Cn1ncc2ccccc2c1=O. The van der Waals surface area contributed by atoms with E-state index in [2.05, 4.69) is 17.0 Å². The average Bonchev–Trinajstić information content (AvgIpc) is 2.33. The largest absolute Gasteiger partial charge is 0.316 e. The maximum Gasteiger partial charge on any atom is 0.274 e. The minimum atomic E-state index is -0.0691. The highest BCUT2D eigenvalue weighted by Gasteiger charge is 2.04. The van der Waals surface area contributed by atoms with Gasteiger partial charge in [-0.05, 0) is 18.7 Å². The molecule has 0 amide bonds. The number of nitrogens with one attached hydrogen (secondary N) is 1. The summed E-state index contributed by atoms with van der Waals surface area (Å²) < 4.78 is 1.45. The van der Waals surface area contributed by atoms with E-state index in [1.165, 1.54) is 4.68 Å². The zero-order chi connectivity index (χ0) is 12.3. The Balaban J connectivity index is 2.39. The Morgan fingerprint density at radius 3 is 3.00 bits per heavy atom. The van der Waals surface area contributed by atoms with Crippen LogP contribution in [0.25, 0.3) is 10.8 Å². The second kappa shape index (κ2) is 4.93. The topological polar surface area (TPSA) is 46.9 Å². The number of rotatable bonds is 4. The van der Waals surface area contributed by atoms with Gasteiger partial charge in [-0.3, -0.25) is 4.79 Å². The van der Waals surface area contributed by atoms with Gasteiger partial charge < -0.3 is 5.32 Å². The first-order chi connectivity index (χ1) is 8.22. The van der Waals surface area contributed by atoms with Crippen molar-refractivity contribution in [2.24, 2.45) is 0 Å². The molecule has 1 aromatic carbocycles. The molecule has 0 fully saturated rings. The summed E-state index contributed by atoms with van der Waals surface area (Å²) in [5, 5.41) is 8.71. The van der Waals surface area contributed by atoms with Crippen LogP contribution in [-0.2, 0) is 6.54 Å². The predicted octanol–water partition coefficient (Wildman–Crippen LogP) is 1.17. The van der Waals surface area contributed by atoms with E-state index >= 15 is 0 Å². The Hall–Kier alpha value is -1.94. The van der Waals surface area contributed by atoms with E-state index in [0.29, 0.717) is 18.5 Å². The van der Waals surface area contributed by atoms with Crippen LogP contribution in [-0.4, -0.2) is 23.4 Å². The Labute approximate surface area is 99.6 Å². The van der Waals surface area contributed by atoms with Crippen molar-refractivity contribution in [3.8, 4) is 0 Å². The maximum atomic E-state index is 12.1. The molecule has 88 valence electrons. The second-order valence-corrected chi connectivity index (χ2v) is 3.97. The number of nitrogens with zero attached hydrogens (tertiary/aromatic N) is 2. The maximum absolute atomic E-state index is 12.1.